The number of hydrogen-bond donors (Lipinski definition) is 3. The standard InChI is InChI=1S/C19H31FN4O2.HI/c1-7-21-16(22-12-14-9-8-10-15(20)11-14)23-13-19(5,6)24-17(25)26-18(2,3)4;/h8-11H,7,12-13H2,1-6H3,(H,24,25)(H2,21,22,23);1H. The third-order valence-corrected chi connectivity index (χ3v) is 3.19. The van der Waals surface area contributed by atoms with Crippen LogP contribution in [0.4, 0.5) is 9.18 Å². The van der Waals surface area contributed by atoms with E-state index in [1.54, 1.807) is 6.07 Å². The van der Waals surface area contributed by atoms with Gasteiger partial charge in [0, 0.05) is 13.1 Å². The van der Waals surface area contributed by atoms with E-state index in [4.69, 9.17) is 4.74 Å². The van der Waals surface area contributed by atoms with Crippen molar-refractivity contribution in [1.29, 1.82) is 0 Å². The van der Waals surface area contributed by atoms with Gasteiger partial charge in [0.15, 0.2) is 5.96 Å². The molecule has 27 heavy (non-hydrogen) atoms. The fourth-order valence-corrected chi connectivity index (χ4v) is 2.08. The summed E-state index contributed by atoms with van der Waals surface area (Å²) in [7, 11) is 0. The van der Waals surface area contributed by atoms with Crippen molar-refractivity contribution in [2.24, 2.45) is 4.99 Å². The molecular formula is C19H32FIN4O2. The van der Waals surface area contributed by atoms with Gasteiger partial charge in [-0.05, 0) is 59.2 Å². The maximum absolute atomic E-state index is 13.3. The van der Waals surface area contributed by atoms with Crippen LogP contribution in [0.3, 0.4) is 0 Å². The molecule has 6 nitrogen and oxygen atoms in total. The Bertz CT molecular complexity index is 630. The Morgan fingerprint density at radius 3 is 2.41 bits per heavy atom. The van der Waals surface area contributed by atoms with Crippen LogP contribution in [0.1, 0.15) is 47.1 Å². The van der Waals surface area contributed by atoms with E-state index in [-0.39, 0.29) is 29.8 Å². The van der Waals surface area contributed by atoms with Crippen molar-refractivity contribution in [2.45, 2.75) is 59.2 Å². The first kappa shape index (κ1) is 25.4. The normalized spacial score (nSPS) is 12.0. The van der Waals surface area contributed by atoms with Gasteiger partial charge in [-0.3, -0.25) is 0 Å². The zero-order valence-electron chi connectivity index (χ0n) is 17.0. The van der Waals surface area contributed by atoms with E-state index in [2.05, 4.69) is 20.9 Å². The summed E-state index contributed by atoms with van der Waals surface area (Å²) in [4.78, 5) is 16.4. The summed E-state index contributed by atoms with van der Waals surface area (Å²) in [5, 5.41) is 9.16. The van der Waals surface area contributed by atoms with Gasteiger partial charge >= 0.3 is 6.09 Å². The van der Waals surface area contributed by atoms with E-state index in [9.17, 15) is 9.18 Å². The molecule has 1 aromatic rings. The molecule has 8 heteroatoms. The van der Waals surface area contributed by atoms with Crippen molar-refractivity contribution in [3.8, 4) is 0 Å². The van der Waals surface area contributed by atoms with E-state index in [1.807, 2.05) is 47.6 Å². The molecule has 0 spiro atoms. The highest BCUT2D eigenvalue weighted by atomic mass is 127. The molecule has 0 heterocycles. The fourth-order valence-electron chi connectivity index (χ4n) is 2.08. The number of guanidine groups is 1. The van der Waals surface area contributed by atoms with Crippen LogP contribution in [0.15, 0.2) is 29.3 Å². The average molecular weight is 494 g/mol. The highest BCUT2D eigenvalue weighted by molar-refractivity contribution is 14.0. The van der Waals surface area contributed by atoms with Crippen molar-refractivity contribution < 1.29 is 13.9 Å². The van der Waals surface area contributed by atoms with Gasteiger partial charge < -0.3 is 20.7 Å². The molecule has 0 bridgehead atoms. The lowest BCUT2D eigenvalue weighted by atomic mass is 10.1. The molecule has 1 amide bonds. The van der Waals surface area contributed by atoms with Gasteiger partial charge in [0.05, 0.1) is 12.1 Å². The number of amides is 1. The molecule has 0 aliphatic carbocycles. The summed E-state index contributed by atoms with van der Waals surface area (Å²) in [5.41, 5.74) is -0.305. The molecule has 0 fully saturated rings. The van der Waals surface area contributed by atoms with Gasteiger partial charge in [0.2, 0.25) is 0 Å². The number of nitrogens with zero attached hydrogens (tertiary/aromatic N) is 1. The van der Waals surface area contributed by atoms with E-state index in [1.165, 1.54) is 12.1 Å². The van der Waals surface area contributed by atoms with Gasteiger partial charge in [0.25, 0.3) is 0 Å². The van der Waals surface area contributed by atoms with E-state index in [0.29, 0.717) is 25.6 Å². The van der Waals surface area contributed by atoms with Crippen LogP contribution in [-0.2, 0) is 11.3 Å². The minimum atomic E-state index is -0.547. The Morgan fingerprint density at radius 1 is 1.19 bits per heavy atom. The van der Waals surface area contributed by atoms with Crippen molar-refractivity contribution in [2.75, 3.05) is 13.1 Å². The Labute approximate surface area is 178 Å². The van der Waals surface area contributed by atoms with Crippen LogP contribution in [0.2, 0.25) is 0 Å². The quantitative estimate of drug-likeness (QED) is 0.320. The fraction of sp³-hybridized carbons (Fsp3) is 0.579. The molecule has 0 aromatic heterocycles. The van der Waals surface area contributed by atoms with E-state index < -0.39 is 17.2 Å². The molecule has 1 rings (SSSR count). The maximum atomic E-state index is 13.3. The Kier molecular flexibility index (Phi) is 10.6. The molecule has 0 atom stereocenters. The lowest BCUT2D eigenvalue weighted by molar-refractivity contribution is 0.0474. The van der Waals surface area contributed by atoms with Crippen LogP contribution in [0.5, 0.6) is 0 Å². The SMILES string of the molecule is CCNC(=NCc1cccc(F)c1)NCC(C)(C)NC(=O)OC(C)(C)C.I. The molecule has 0 saturated carbocycles. The largest absolute Gasteiger partial charge is 0.444 e. The molecule has 0 unspecified atom stereocenters. The summed E-state index contributed by atoms with van der Waals surface area (Å²) in [6.07, 6.45) is -0.467. The number of carbonyl (C=O) groups is 1. The summed E-state index contributed by atoms with van der Waals surface area (Å²) in [5.74, 6) is 0.314. The second kappa shape index (κ2) is 11.3. The van der Waals surface area contributed by atoms with Crippen molar-refractivity contribution >= 4 is 36.0 Å². The van der Waals surface area contributed by atoms with Crippen LogP contribution in [-0.4, -0.2) is 36.3 Å². The third kappa shape index (κ3) is 11.7. The Morgan fingerprint density at radius 2 is 1.85 bits per heavy atom. The summed E-state index contributed by atoms with van der Waals surface area (Å²) in [6.45, 7) is 12.7. The molecule has 0 radical (unpaired) electrons. The molecule has 1 aromatic carbocycles. The van der Waals surface area contributed by atoms with Crippen molar-refractivity contribution in [3.63, 3.8) is 0 Å². The maximum Gasteiger partial charge on any atom is 0.408 e. The highest BCUT2D eigenvalue weighted by Gasteiger charge is 2.24. The molecule has 3 N–H and O–H groups in total. The number of hydrogen-bond acceptors (Lipinski definition) is 3. The van der Waals surface area contributed by atoms with Gasteiger partial charge in [0.1, 0.15) is 11.4 Å². The van der Waals surface area contributed by atoms with Crippen LogP contribution in [0.25, 0.3) is 0 Å². The summed E-state index contributed by atoms with van der Waals surface area (Å²) < 4.78 is 18.5. The highest BCUT2D eigenvalue weighted by Crippen LogP contribution is 2.09. The Hall–Kier alpha value is -1.58. The summed E-state index contributed by atoms with van der Waals surface area (Å²) >= 11 is 0. The number of rotatable bonds is 6. The minimum Gasteiger partial charge on any atom is -0.444 e. The van der Waals surface area contributed by atoms with E-state index in [0.717, 1.165) is 5.56 Å². The van der Waals surface area contributed by atoms with Gasteiger partial charge in [-0.2, -0.15) is 0 Å². The zero-order valence-corrected chi connectivity index (χ0v) is 19.3. The zero-order chi connectivity index (χ0) is 19.8. The van der Waals surface area contributed by atoms with Gasteiger partial charge in [-0.15, -0.1) is 24.0 Å². The minimum absolute atomic E-state index is 0. The first-order valence-corrected chi connectivity index (χ1v) is 8.78. The second-order valence-electron chi connectivity index (χ2n) is 7.69. The molecule has 0 saturated heterocycles. The number of benzene rings is 1. The number of ether oxygens (including phenoxy) is 1. The number of aliphatic imine (C=N–C) groups is 1. The van der Waals surface area contributed by atoms with E-state index >= 15 is 0 Å². The summed E-state index contributed by atoms with van der Waals surface area (Å²) in [6, 6.07) is 6.35. The average Bonchev–Trinajstić information content (AvgIpc) is 2.47. The number of carbonyl (C=O) groups excluding carboxylic acids is 1. The van der Waals surface area contributed by atoms with Crippen molar-refractivity contribution in [3.05, 3.63) is 35.6 Å². The predicted octanol–water partition coefficient (Wildman–Crippen LogP) is 3.80. The lowest BCUT2D eigenvalue weighted by Gasteiger charge is -2.29. The number of nitrogens with one attached hydrogen (secondary N) is 3. The first-order chi connectivity index (χ1) is 12.0. The van der Waals surface area contributed by atoms with Crippen LogP contribution in [0, 0.1) is 5.82 Å². The number of halogens is 2. The second-order valence-corrected chi connectivity index (χ2v) is 7.69. The Balaban J connectivity index is 0.00000676. The number of alkyl carbamates (subject to hydrolysis) is 1. The molecule has 0 aliphatic heterocycles. The first-order valence-electron chi connectivity index (χ1n) is 8.78. The smallest absolute Gasteiger partial charge is 0.408 e. The topological polar surface area (TPSA) is 74.8 Å². The van der Waals surface area contributed by atoms with Crippen LogP contribution >= 0.6 is 24.0 Å². The lowest BCUT2D eigenvalue weighted by Crippen LogP contribution is -2.54. The van der Waals surface area contributed by atoms with Crippen LogP contribution < -0.4 is 16.0 Å². The van der Waals surface area contributed by atoms with Gasteiger partial charge in [-0.1, -0.05) is 12.1 Å². The predicted molar refractivity (Wildman–Crippen MR) is 118 cm³/mol. The molecular weight excluding hydrogens is 462 g/mol. The third-order valence-electron chi connectivity index (χ3n) is 3.19. The molecule has 154 valence electrons. The molecule has 0 aliphatic rings. The monoisotopic (exact) mass is 494 g/mol. The van der Waals surface area contributed by atoms with Gasteiger partial charge in [-0.25, -0.2) is 14.2 Å². The van der Waals surface area contributed by atoms with Crippen molar-refractivity contribution in [1.82, 2.24) is 16.0 Å².